The predicted molar refractivity (Wildman–Crippen MR) is 62.6 cm³/mol. The molecule has 1 aliphatic heterocycles. The van der Waals surface area contributed by atoms with Gasteiger partial charge in [-0.2, -0.15) is 0 Å². The summed E-state index contributed by atoms with van der Waals surface area (Å²) in [7, 11) is 0. The van der Waals surface area contributed by atoms with Gasteiger partial charge in [-0.3, -0.25) is 10.0 Å². The van der Waals surface area contributed by atoms with Crippen LogP contribution < -0.4 is 5.48 Å². The van der Waals surface area contributed by atoms with Crippen LogP contribution in [0.4, 0.5) is 0 Å². The molecule has 5 heteroatoms. The Labute approximate surface area is 98.4 Å². The van der Waals surface area contributed by atoms with Crippen LogP contribution in [0.1, 0.15) is 5.56 Å². The van der Waals surface area contributed by atoms with Crippen molar-refractivity contribution >= 4 is 17.9 Å². The van der Waals surface area contributed by atoms with Crippen molar-refractivity contribution in [2.45, 2.75) is 6.04 Å². The smallest absolute Gasteiger partial charge is 0.271 e. The van der Waals surface area contributed by atoms with E-state index in [1.165, 1.54) is 0 Å². The van der Waals surface area contributed by atoms with E-state index in [0.717, 1.165) is 5.56 Å². The van der Waals surface area contributed by atoms with E-state index in [4.69, 9.17) is 9.94 Å². The van der Waals surface area contributed by atoms with Gasteiger partial charge in [-0.25, -0.2) is 10.5 Å². The standard InChI is InChI=1S/C12H12N2O3/c15-12(14-16)10-8-17-11(13-10)7-6-9-4-2-1-3-5-9/h1-7,10,16H,8H2,(H,14,15)/b7-6+/t10-/m1/s1. The van der Waals surface area contributed by atoms with E-state index in [0.29, 0.717) is 5.90 Å². The molecule has 1 aromatic rings. The predicted octanol–water partition coefficient (Wildman–Crippen LogP) is 1.00. The number of aliphatic imine (C=N–C) groups is 1. The number of nitrogens with zero attached hydrogens (tertiary/aromatic N) is 1. The molecule has 2 N–H and O–H groups in total. The number of benzene rings is 1. The van der Waals surface area contributed by atoms with Gasteiger partial charge < -0.3 is 4.74 Å². The monoisotopic (exact) mass is 232 g/mol. The highest BCUT2D eigenvalue weighted by Crippen LogP contribution is 2.08. The van der Waals surface area contributed by atoms with E-state index >= 15 is 0 Å². The molecule has 88 valence electrons. The first kappa shape index (κ1) is 11.3. The van der Waals surface area contributed by atoms with Crippen LogP contribution in [0.5, 0.6) is 0 Å². The summed E-state index contributed by atoms with van der Waals surface area (Å²) in [4.78, 5) is 15.1. The maximum Gasteiger partial charge on any atom is 0.271 e. The summed E-state index contributed by atoms with van der Waals surface area (Å²) in [5.41, 5.74) is 2.57. The lowest BCUT2D eigenvalue weighted by Crippen LogP contribution is -2.31. The van der Waals surface area contributed by atoms with Crippen molar-refractivity contribution in [3.05, 3.63) is 42.0 Å². The Bertz CT molecular complexity index is 454. The van der Waals surface area contributed by atoms with E-state index in [1.54, 1.807) is 11.6 Å². The molecule has 17 heavy (non-hydrogen) atoms. The summed E-state index contributed by atoms with van der Waals surface area (Å²) in [6.45, 7) is 0.154. The summed E-state index contributed by atoms with van der Waals surface area (Å²) >= 11 is 0. The molecule has 0 aromatic heterocycles. The lowest BCUT2D eigenvalue weighted by Gasteiger charge is -1.99. The number of carbonyl (C=O) groups is 1. The van der Waals surface area contributed by atoms with Crippen molar-refractivity contribution < 1.29 is 14.7 Å². The van der Waals surface area contributed by atoms with Gasteiger partial charge in [-0.1, -0.05) is 30.3 Å². The highest BCUT2D eigenvalue weighted by atomic mass is 16.5. The van der Waals surface area contributed by atoms with Crippen LogP contribution in [0, 0.1) is 0 Å². The largest absolute Gasteiger partial charge is 0.475 e. The van der Waals surface area contributed by atoms with Crippen LogP contribution in [0.2, 0.25) is 0 Å². The Balaban J connectivity index is 2.01. The summed E-state index contributed by atoms with van der Waals surface area (Å²) in [6, 6.07) is 9.02. The van der Waals surface area contributed by atoms with Gasteiger partial charge in [0.1, 0.15) is 6.61 Å². The lowest BCUT2D eigenvalue weighted by molar-refractivity contribution is -0.130. The highest BCUT2D eigenvalue weighted by Gasteiger charge is 2.23. The Morgan fingerprint density at radius 1 is 1.41 bits per heavy atom. The minimum Gasteiger partial charge on any atom is -0.475 e. The van der Waals surface area contributed by atoms with Gasteiger partial charge in [0.25, 0.3) is 5.91 Å². The van der Waals surface area contributed by atoms with Crippen molar-refractivity contribution in [3.8, 4) is 0 Å². The van der Waals surface area contributed by atoms with Gasteiger partial charge in [0.2, 0.25) is 5.90 Å². The summed E-state index contributed by atoms with van der Waals surface area (Å²) in [5.74, 6) is -0.171. The van der Waals surface area contributed by atoms with Crippen molar-refractivity contribution in [3.63, 3.8) is 0 Å². The third-order valence-electron chi connectivity index (χ3n) is 2.30. The van der Waals surface area contributed by atoms with Crippen molar-refractivity contribution in [2.24, 2.45) is 4.99 Å². The summed E-state index contributed by atoms with van der Waals surface area (Å²) < 4.78 is 5.20. The van der Waals surface area contributed by atoms with Crippen molar-refractivity contribution in [1.82, 2.24) is 5.48 Å². The number of hydrogen-bond donors (Lipinski definition) is 2. The lowest BCUT2D eigenvalue weighted by atomic mass is 10.2. The average Bonchev–Trinajstić information content (AvgIpc) is 2.85. The van der Waals surface area contributed by atoms with E-state index in [1.807, 2.05) is 36.4 Å². The van der Waals surface area contributed by atoms with Gasteiger partial charge >= 0.3 is 0 Å². The molecule has 0 unspecified atom stereocenters. The average molecular weight is 232 g/mol. The van der Waals surface area contributed by atoms with Crippen LogP contribution in [-0.4, -0.2) is 29.7 Å². The molecule has 1 atom stereocenters. The third kappa shape index (κ3) is 2.92. The molecule has 0 saturated heterocycles. The molecule has 0 aliphatic carbocycles. The van der Waals surface area contributed by atoms with Crippen LogP contribution in [0.3, 0.4) is 0 Å². The highest BCUT2D eigenvalue weighted by molar-refractivity contribution is 5.96. The molecular formula is C12H12N2O3. The number of ether oxygens (including phenoxy) is 1. The number of hydrogen-bond acceptors (Lipinski definition) is 4. The Kier molecular flexibility index (Phi) is 3.52. The summed E-state index contributed by atoms with van der Waals surface area (Å²) in [5, 5.41) is 8.45. The SMILES string of the molecule is O=C(NO)[C@H]1COC(/C=C/c2ccccc2)=N1. The molecule has 0 bridgehead atoms. The van der Waals surface area contributed by atoms with Crippen LogP contribution in [0.25, 0.3) is 6.08 Å². The minimum atomic E-state index is -0.671. The van der Waals surface area contributed by atoms with Crippen molar-refractivity contribution in [1.29, 1.82) is 0 Å². The first-order chi connectivity index (χ1) is 8.29. The zero-order valence-electron chi connectivity index (χ0n) is 9.04. The normalized spacial score (nSPS) is 18.9. The number of nitrogens with one attached hydrogen (secondary N) is 1. The Morgan fingerprint density at radius 2 is 2.18 bits per heavy atom. The quantitative estimate of drug-likeness (QED) is 0.603. The molecule has 0 saturated carbocycles. The van der Waals surface area contributed by atoms with E-state index in [2.05, 4.69) is 4.99 Å². The molecule has 1 amide bonds. The molecule has 0 spiro atoms. The third-order valence-corrected chi connectivity index (χ3v) is 2.30. The molecule has 0 fully saturated rings. The Hall–Kier alpha value is -2.14. The fourth-order valence-electron chi connectivity index (χ4n) is 1.42. The van der Waals surface area contributed by atoms with Gasteiger partial charge in [-0.05, 0) is 11.6 Å². The maximum absolute atomic E-state index is 11.1. The fraction of sp³-hybridized carbons (Fsp3) is 0.167. The molecule has 1 aromatic carbocycles. The van der Waals surface area contributed by atoms with Crippen LogP contribution in [0.15, 0.2) is 41.4 Å². The molecule has 5 nitrogen and oxygen atoms in total. The molecule has 1 heterocycles. The van der Waals surface area contributed by atoms with Gasteiger partial charge in [0.05, 0.1) is 0 Å². The van der Waals surface area contributed by atoms with Gasteiger partial charge in [0, 0.05) is 6.08 Å². The van der Waals surface area contributed by atoms with Gasteiger partial charge in [0.15, 0.2) is 6.04 Å². The van der Waals surface area contributed by atoms with Crippen LogP contribution >= 0.6 is 0 Å². The van der Waals surface area contributed by atoms with Crippen molar-refractivity contribution in [2.75, 3.05) is 6.61 Å². The maximum atomic E-state index is 11.1. The Morgan fingerprint density at radius 3 is 2.88 bits per heavy atom. The number of amides is 1. The second kappa shape index (κ2) is 5.27. The fourth-order valence-corrected chi connectivity index (χ4v) is 1.42. The zero-order chi connectivity index (χ0) is 12.1. The first-order valence-electron chi connectivity index (χ1n) is 5.17. The van der Waals surface area contributed by atoms with E-state index in [-0.39, 0.29) is 6.61 Å². The van der Waals surface area contributed by atoms with E-state index in [9.17, 15) is 4.79 Å². The second-order valence-corrected chi connectivity index (χ2v) is 3.51. The van der Waals surface area contributed by atoms with E-state index < -0.39 is 11.9 Å². The minimum absolute atomic E-state index is 0.154. The molecular weight excluding hydrogens is 220 g/mol. The molecule has 0 radical (unpaired) electrons. The first-order valence-corrected chi connectivity index (χ1v) is 5.17. The molecule has 2 rings (SSSR count). The van der Waals surface area contributed by atoms with Gasteiger partial charge in [-0.15, -0.1) is 0 Å². The topological polar surface area (TPSA) is 70.9 Å². The van der Waals surface area contributed by atoms with Crippen LogP contribution in [-0.2, 0) is 9.53 Å². The zero-order valence-corrected chi connectivity index (χ0v) is 9.04. The second-order valence-electron chi connectivity index (χ2n) is 3.51. The summed E-state index contributed by atoms with van der Waals surface area (Å²) in [6.07, 6.45) is 3.54. The number of hydroxylamine groups is 1. The number of rotatable bonds is 3. The molecule has 1 aliphatic rings. The number of carbonyl (C=O) groups excluding carboxylic acids is 1.